The van der Waals surface area contributed by atoms with Crippen LogP contribution >= 0.6 is 0 Å². The maximum Gasteiger partial charge on any atom is 0.257 e. The summed E-state index contributed by atoms with van der Waals surface area (Å²) in [5, 5.41) is 6.23. The van der Waals surface area contributed by atoms with E-state index in [4.69, 9.17) is 4.74 Å². The molecule has 30 heavy (non-hydrogen) atoms. The summed E-state index contributed by atoms with van der Waals surface area (Å²) in [4.78, 5) is 28.3. The van der Waals surface area contributed by atoms with Crippen molar-refractivity contribution in [2.24, 2.45) is 5.10 Å². The molecule has 1 aliphatic heterocycles. The second kappa shape index (κ2) is 9.54. The minimum Gasteiger partial charge on any atom is -0.497 e. The zero-order valence-corrected chi connectivity index (χ0v) is 17.9. The van der Waals surface area contributed by atoms with E-state index in [0.29, 0.717) is 6.42 Å². The molecule has 2 amide bonds. The van der Waals surface area contributed by atoms with Crippen molar-refractivity contribution in [1.29, 1.82) is 0 Å². The Morgan fingerprint density at radius 1 is 1.03 bits per heavy atom. The van der Waals surface area contributed by atoms with Gasteiger partial charge in [0.25, 0.3) is 5.91 Å². The molecule has 0 unspecified atom stereocenters. The van der Waals surface area contributed by atoms with Crippen LogP contribution in [0.4, 0.5) is 0 Å². The number of nitrogens with zero attached hydrogens (tertiary/aromatic N) is 4. The van der Waals surface area contributed by atoms with Gasteiger partial charge in [0.05, 0.1) is 32.0 Å². The van der Waals surface area contributed by atoms with Crippen LogP contribution in [-0.4, -0.2) is 73.7 Å². The molecule has 0 saturated carbocycles. The second-order valence-corrected chi connectivity index (χ2v) is 7.60. The molecule has 0 N–H and O–H groups in total. The number of carbonyl (C=O) groups excluding carboxylic acids is 2. The first-order chi connectivity index (χ1) is 14.4. The molecule has 1 heterocycles. The number of carbonyl (C=O) groups is 2. The van der Waals surface area contributed by atoms with Gasteiger partial charge in [-0.3, -0.25) is 14.5 Å². The standard InChI is InChI=1S/C23H28N4O3/c1-25(2)22(28)15-26(3)16-23(29)27-21(18-10-12-19(30-4)13-11-18)14-20(24-27)17-8-6-5-7-9-17/h5-13,21H,14-16H2,1-4H3/t21-/m0/s1. The molecule has 0 fully saturated rings. The molecule has 0 spiro atoms. The van der Waals surface area contributed by atoms with E-state index in [1.165, 1.54) is 4.90 Å². The number of methoxy groups -OCH3 is 1. The monoisotopic (exact) mass is 408 g/mol. The fourth-order valence-electron chi connectivity index (χ4n) is 3.36. The number of ether oxygens (including phenoxy) is 1. The van der Waals surface area contributed by atoms with Gasteiger partial charge in [-0.1, -0.05) is 42.5 Å². The van der Waals surface area contributed by atoms with E-state index in [1.807, 2.05) is 54.6 Å². The van der Waals surface area contributed by atoms with Crippen molar-refractivity contribution in [3.05, 3.63) is 65.7 Å². The van der Waals surface area contributed by atoms with Gasteiger partial charge < -0.3 is 9.64 Å². The van der Waals surface area contributed by atoms with Gasteiger partial charge in [0.2, 0.25) is 5.91 Å². The average Bonchev–Trinajstić information content (AvgIpc) is 3.20. The van der Waals surface area contributed by atoms with Gasteiger partial charge in [-0.15, -0.1) is 0 Å². The van der Waals surface area contributed by atoms with Gasteiger partial charge in [-0.05, 0) is 30.3 Å². The number of hydrogen-bond donors (Lipinski definition) is 0. The summed E-state index contributed by atoms with van der Waals surface area (Å²) in [6.07, 6.45) is 0.627. The first-order valence-corrected chi connectivity index (χ1v) is 9.86. The Balaban J connectivity index is 1.82. The van der Waals surface area contributed by atoms with Crippen molar-refractivity contribution in [2.45, 2.75) is 12.5 Å². The highest BCUT2D eigenvalue weighted by Crippen LogP contribution is 2.33. The lowest BCUT2D eigenvalue weighted by molar-refractivity contribution is -0.135. The van der Waals surface area contributed by atoms with Crippen LogP contribution in [0.15, 0.2) is 59.7 Å². The number of hydrogen-bond acceptors (Lipinski definition) is 5. The summed E-state index contributed by atoms with van der Waals surface area (Å²) < 4.78 is 5.25. The summed E-state index contributed by atoms with van der Waals surface area (Å²) in [7, 11) is 6.80. The number of rotatable bonds is 7. The highest BCUT2D eigenvalue weighted by atomic mass is 16.5. The molecule has 2 aromatic rings. The minimum atomic E-state index is -0.198. The molecule has 7 nitrogen and oxygen atoms in total. The summed E-state index contributed by atoms with van der Waals surface area (Å²) in [5.41, 5.74) is 2.87. The van der Waals surface area contributed by atoms with E-state index in [-0.39, 0.29) is 30.9 Å². The first-order valence-electron chi connectivity index (χ1n) is 9.86. The van der Waals surface area contributed by atoms with Gasteiger partial charge in [0.1, 0.15) is 5.75 Å². The number of likely N-dealkylation sites (N-methyl/N-ethyl adjacent to an activating group) is 2. The number of benzene rings is 2. The lowest BCUT2D eigenvalue weighted by Crippen LogP contribution is -2.41. The second-order valence-electron chi connectivity index (χ2n) is 7.60. The maximum absolute atomic E-state index is 13.1. The molecule has 3 rings (SSSR count). The summed E-state index contributed by atoms with van der Waals surface area (Å²) in [6.45, 7) is 0.285. The predicted octanol–water partition coefficient (Wildman–Crippen LogP) is 2.39. The molecule has 158 valence electrons. The van der Waals surface area contributed by atoms with Crippen LogP contribution in [0, 0.1) is 0 Å². The quantitative estimate of drug-likeness (QED) is 0.706. The summed E-state index contributed by atoms with van der Waals surface area (Å²) in [5.74, 6) is 0.573. The van der Waals surface area contributed by atoms with Crippen molar-refractivity contribution in [2.75, 3.05) is 41.3 Å². The number of hydrazone groups is 1. The van der Waals surface area contributed by atoms with Crippen LogP contribution in [0.25, 0.3) is 0 Å². The van der Waals surface area contributed by atoms with Crippen molar-refractivity contribution in [3.8, 4) is 5.75 Å². The molecule has 7 heteroatoms. The third kappa shape index (κ3) is 5.04. The zero-order chi connectivity index (χ0) is 21.7. The molecule has 0 aromatic heterocycles. The molecule has 0 radical (unpaired) electrons. The number of amides is 2. The topological polar surface area (TPSA) is 65.5 Å². The SMILES string of the molecule is COc1ccc([C@@H]2CC(c3ccccc3)=NN2C(=O)CN(C)CC(=O)N(C)C)cc1. The Bertz CT molecular complexity index is 910. The van der Waals surface area contributed by atoms with Gasteiger partial charge in [0.15, 0.2) is 0 Å². The van der Waals surface area contributed by atoms with Gasteiger partial charge >= 0.3 is 0 Å². The van der Waals surface area contributed by atoms with E-state index in [0.717, 1.165) is 22.6 Å². The average molecular weight is 409 g/mol. The fraction of sp³-hybridized carbons (Fsp3) is 0.348. The highest BCUT2D eigenvalue weighted by Gasteiger charge is 2.33. The minimum absolute atomic E-state index is 0.0492. The van der Waals surface area contributed by atoms with Crippen molar-refractivity contribution < 1.29 is 14.3 Å². The van der Waals surface area contributed by atoms with Crippen LogP contribution in [-0.2, 0) is 9.59 Å². The van der Waals surface area contributed by atoms with Gasteiger partial charge in [-0.25, -0.2) is 5.01 Å². The predicted molar refractivity (Wildman–Crippen MR) is 116 cm³/mol. The highest BCUT2D eigenvalue weighted by molar-refractivity contribution is 6.03. The molecule has 0 saturated heterocycles. The lowest BCUT2D eigenvalue weighted by atomic mass is 9.98. The van der Waals surface area contributed by atoms with Crippen LogP contribution < -0.4 is 4.74 Å². The first kappa shape index (κ1) is 21.5. The molecule has 1 aliphatic rings. The summed E-state index contributed by atoms with van der Waals surface area (Å²) in [6, 6.07) is 17.4. The zero-order valence-electron chi connectivity index (χ0n) is 17.9. The largest absolute Gasteiger partial charge is 0.497 e. The van der Waals surface area contributed by atoms with Crippen LogP contribution in [0.3, 0.4) is 0 Å². The molecule has 2 aromatic carbocycles. The lowest BCUT2D eigenvalue weighted by Gasteiger charge is -2.25. The normalized spacial score (nSPS) is 15.8. The van der Waals surface area contributed by atoms with E-state index < -0.39 is 0 Å². The van der Waals surface area contributed by atoms with Crippen LogP contribution in [0.5, 0.6) is 5.75 Å². The molecule has 1 atom stereocenters. The van der Waals surface area contributed by atoms with Crippen molar-refractivity contribution in [1.82, 2.24) is 14.8 Å². The third-order valence-corrected chi connectivity index (χ3v) is 5.08. The Labute approximate surface area is 177 Å². The molecule has 0 bridgehead atoms. The third-order valence-electron chi connectivity index (χ3n) is 5.08. The summed E-state index contributed by atoms with van der Waals surface area (Å²) >= 11 is 0. The fourth-order valence-corrected chi connectivity index (χ4v) is 3.36. The van der Waals surface area contributed by atoms with Crippen LogP contribution in [0.1, 0.15) is 23.6 Å². The van der Waals surface area contributed by atoms with E-state index in [1.54, 1.807) is 38.2 Å². The molecular weight excluding hydrogens is 380 g/mol. The van der Waals surface area contributed by atoms with E-state index in [2.05, 4.69) is 5.10 Å². The van der Waals surface area contributed by atoms with Gasteiger partial charge in [-0.2, -0.15) is 5.10 Å². The Morgan fingerprint density at radius 2 is 1.70 bits per heavy atom. The molecular formula is C23H28N4O3. The smallest absolute Gasteiger partial charge is 0.257 e. The van der Waals surface area contributed by atoms with Crippen molar-refractivity contribution in [3.63, 3.8) is 0 Å². The Kier molecular flexibility index (Phi) is 6.84. The Hall–Kier alpha value is -3.19. The molecule has 0 aliphatic carbocycles. The van der Waals surface area contributed by atoms with Crippen molar-refractivity contribution >= 4 is 17.5 Å². The van der Waals surface area contributed by atoms with Gasteiger partial charge in [0, 0.05) is 20.5 Å². The van der Waals surface area contributed by atoms with Crippen LogP contribution in [0.2, 0.25) is 0 Å². The van der Waals surface area contributed by atoms with E-state index >= 15 is 0 Å². The maximum atomic E-state index is 13.1. The Morgan fingerprint density at radius 3 is 2.30 bits per heavy atom. The van der Waals surface area contributed by atoms with E-state index in [9.17, 15) is 9.59 Å².